The lowest BCUT2D eigenvalue weighted by molar-refractivity contribution is -0.142. The molecule has 0 radical (unpaired) electrons. The van der Waals surface area contributed by atoms with Gasteiger partial charge in [-0.2, -0.15) is 0 Å². The number of amides is 2. The maximum Gasteiger partial charge on any atom is 0.306 e. The Bertz CT molecular complexity index is 676. The standard InChI is InChI=1S/C19H26N2O4/c1-11-7-12(2)17(13(3)8-11)20-16(22)10-21(4)18(23)14-5-6-15(9-14)19(24)25/h7-8,14-15H,5-6,9-10H2,1-4H3,(H,20,22)(H,24,25)/t14-,15+/m1/s1. The third-order valence-corrected chi connectivity index (χ3v) is 4.83. The van der Waals surface area contributed by atoms with E-state index in [4.69, 9.17) is 5.11 Å². The summed E-state index contributed by atoms with van der Waals surface area (Å²) < 4.78 is 0. The molecule has 136 valence electrons. The number of carboxylic acid groups (broad SMARTS) is 1. The molecular formula is C19H26N2O4. The number of aliphatic carboxylic acids is 1. The Kier molecular flexibility index (Phi) is 5.82. The van der Waals surface area contributed by atoms with Crippen LogP contribution in [0.1, 0.15) is 36.0 Å². The summed E-state index contributed by atoms with van der Waals surface area (Å²) in [6.45, 7) is 5.84. The molecule has 0 bridgehead atoms. The summed E-state index contributed by atoms with van der Waals surface area (Å²) in [5, 5.41) is 11.9. The van der Waals surface area contributed by atoms with Crippen LogP contribution in [0.15, 0.2) is 12.1 Å². The molecule has 0 heterocycles. The van der Waals surface area contributed by atoms with Crippen molar-refractivity contribution in [2.24, 2.45) is 11.8 Å². The molecule has 0 aliphatic heterocycles. The molecule has 0 spiro atoms. The molecule has 1 aromatic rings. The van der Waals surface area contributed by atoms with Crippen LogP contribution in [-0.2, 0) is 14.4 Å². The average Bonchev–Trinajstić information content (AvgIpc) is 3.00. The maximum atomic E-state index is 12.4. The van der Waals surface area contributed by atoms with E-state index in [1.165, 1.54) is 4.90 Å². The van der Waals surface area contributed by atoms with Crippen LogP contribution in [0.3, 0.4) is 0 Å². The molecule has 1 fully saturated rings. The van der Waals surface area contributed by atoms with Crippen LogP contribution >= 0.6 is 0 Å². The fourth-order valence-corrected chi connectivity index (χ4v) is 3.59. The molecule has 6 heteroatoms. The zero-order valence-electron chi connectivity index (χ0n) is 15.3. The van der Waals surface area contributed by atoms with Crippen molar-refractivity contribution in [3.63, 3.8) is 0 Å². The van der Waals surface area contributed by atoms with Gasteiger partial charge in [0.1, 0.15) is 0 Å². The van der Waals surface area contributed by atoms with E-state index < -0.39 is 11.9 Å². The lowest BCUT2D eigenvalue weighted by Gasteiger charge is -2.21. The molecule has 2 amide bonds. The Hall–Kier alpha value is -2.37. The van der Waals surface area contributed by atoms with E-state index in [9.17, 15) is 14.4 Å². The van der Waals surface area contributed by atoms with Gasteiger partial charge in [0.2, 0.25) is 11.8 Å². The van der Waals surface area contributed by atoms with Crippen LogP contribution in [0.25, 0.3) is 0 Å². The van der Waals surface area contributed by atoms with Crippen molar-refractivity contribution >= 4 is 23.5 Å². The number of carbonyl (C=O) groups excluding carboxylic acids is 2. The Morgan fingerprint density at radius 3 is 2.20 bits per heavy atom. The van der Waals surface area contributed by atoms with Crippen molar-refractivity contribution in [2.75, 3.05) is 18.9 Å². The van der Waals surface area contributed by atoms with Gasteiger partial charge in [0.25, 0.3) is 0 Å². The zero-order chi connectivity index (χ0) is 18.7. The Morgan fingerprint density at radius 1 is 1.12 bits per heavy atom. The van der Waals surface area contributed by atoms with Crippen LogP contribution in [0.4, 0.5) is 5.69 Å². The Labute approximate surface area is 148 Å². The van der Waals surface area contributed by atoms with Crippen molar-refractivity contribution < 1.29 is 19.5 Å². The van der Waals surface area contributed by atoms with Gasteiger partial charge in [0.15, 0.2) is 0 Å². The number of benzene rings is 1. The van der Waals surface area contributed by atoms with Gasteiger partial charge in [-0.25, -0.2) is 0 Å². The number of carboxylic acids is 1. The first-order chi connectivity index (χ1) is 11.7. The molecule has 2 atom stereocenters. The summed E-state index contributed by atoms with van der Waals surface area (Å²) in [6.07, 6.45) is 1.45. The summed E-state index contributed by atoms with van der Waals surface area (Å²) in [5.41, 5.74) is 3.89. The average molecular weight is 346 g/mol. The van der Waals surface area contributed by atoms with E-state index in [0.717, 1.165) is 22.4 Å². The highest BCUT2D eigenvalue weighted by molar-refractivity contribution is 5.96. The molecule has 0 saturated heterocycles. The predicted octanol–water partition coefficient (Wildman–Crippen LogP) is 2.51. The topological polar surface area (TPSA) is 86.7 Å². The minimum absolute atomic E-state index is 0.0418. The third-order valence-electron chi connectivity index (χ3n) is 4.83. The van der Waals surface area contributed by atoms with E-state index in [0.29, 0.717) is 19.3 Å². The van der Waals surface area contributed by atoms with Crippen LogP contribution in [0, 0.1) is 32.6 Å². The first-order valence-electron chi connectivity index (χ1n) is 8.54. The van der Waals surface area contributed by atoms with Crippen molar-refractivity contribution in [1.29, 1.82) is 0 Å². The molecule has 2 rings (SSSR count). The molecule has 0 aromatic heterocycles. The minimum atomic E-state index is -0.846. The van der Waals surface area contributed by atoms with Gasteiger partial charge >= 0.3 is 5.97 Å². The first kappa shape index (κ1) is 19.0. The van der Waals surface area contributed by atoms with E-state index in [1.807, 2.05) is 32.9 Å². The molecule has 25 heavy (non-hydrogen) atoms. The molecule has 6 nitrogen and oxygen atoms in total. The third kappa shape index (κ3) is 4.59. The van der Waals surface area contributed by atoms with E-state index >= 15 is 0 Å². The number of anilines is 1. The second kappa shape index (κ2) is 7.68. The summed E-state index contributed by atoms with van der Waals surface area (Å²) in [4.78, 5) is 37.1. The smallest absolute Gasteiger partial charge is 0.306 e. The van der Waals surface area contributed by atoms with Crippen molar-refractivity contribution in [1.82, 2.24) is 4.90 Å². The fraction of sp³-hybridized carbons (Fsp3) is 0.526. The number of nitrogens with one attached hydrogen (secondary N) is 1. The second-order valence-corrected chi connectivity index (χ2v) is 7.06. The highest BCUT2D eigenvalue weighted by Gasteiger charge is 2.35. The van der Waals surface area contributed by atoms with Gasteiger partial charge in [-0.3, -0.25) is 14.4 Å². The zero-order valence-corrected chi connectivity index (χ0v) is 15.3. The normalized spacial score (nSPS) is 19.5. The summed E-state index contributed by atoms with van der Waals surface area (Å²) >= 11 is 0. The molecule has 0 unspecified atom stereocenters. The Balaban J connectivity index is 1.94. The van der Waals surface area contributed by atoms with E-state index in [1.54, 1.807) is 7.05 Å². The first-order valence-corrected chi connectivity index (χ1v) is 8.54. The highest BCUT2D eigenvalue weighted by atomic mass is 16.4. The number of rotatable bonds is 5. The number of hydrogen-bond acceptors (Lipinski definition) is 3. The molecule has 1 aliphatic rings. The van der Waals surface area contributed by atoms with Crippen LogP contribution in [0.5, 0.6) is 0 Å². The number of hydrogen-bond donors (Lipinski definition) is 2. The van der Waals surface area contributed by atoms with Crippen LogP contribution in [-0.4, -0.2) is 41.4 Å². The fourth-order valence-electron chi connectivity index (χ4n) is 3.59. The molecule has 2 N–H and O–H groups in total. The second-order valence-electron chi connectivity index (χ2n) is 7.06. The molecule has 1 aliphatic carbocycles. The van der Waals surface area contributed by atoms with Gasteiger partial charge in [-0.15, -0.1) is 0 Å². The van der Waals surface area contributed by atoms with E-state index in [2.05, 4.69) is 5.32 Å². The monoisotopic (exact) mass is 346 g/mol. The SMILES string of the molecule is Cc1cc(C)c(NC(=O)CN(C)C(=O)[C@@H]2CC[C@H](C(=O)O)C2)c(C)c1. The minimum Gasteiger partial charge on any atom is -0.481 e. The van der Waals surface area contributed by atoms with Gasteiger partial charge < -0.3 is 15.3 Å². The number of carbonyl (C=O) groups is 3. The highest BCUT2D eigenvalue weighted by Crippen LogP contribution is 2.32. The quantitative estimate of drug-likeness (QED) is 0.858. The summed E-state index contributed by atoms with van der Waals surface area (Å²) in [6, 6.07) is 4.00. The largest absolute Gasteiger partial charge is 0.481 e. The molecule has 1 aromatic carbocycles. The maximum absolute atomic E-state index is 12.4. The predicted molar refractivity (Wildman–Crippen MR) is 95.4 cm³/mol. The van der Waals surface area contributed by atoms with Gasteiger partial charge in [-0.05, 0) is 51.2 Å². The summed E-state index contributed by atoms with van der Waals surface area (Å²) in [5.74, 6) is -2.01. The van der Waals surface area contributed by atoms with Gasteiger partial charge in [0, 0.05) is 18.7 Å². The van der Waals surface area contributed by atoms with Crippen molar-refractivity contribution in [2.45, 2.75) is 40.0 Å². The number of aryl methyl sites for hydroxylation is 3. The molecular weight excluding hydrogens is 320 g/mol. The molecule has 1 saturated carbocycles. The van der Waals surface area contributed by atoms with E-state index in [-0.39, 0.29) is 24.3 Å². The Morgan fingerprint density at radius 2 is 1.68 bits per heavy atom. The van der Waals surface area contributed by atoms with Crippen LogP contribution < -0.4 is 5.32 Å². The number of likely N-dealkylation sites (N-methyl/N-ethyl adjacent to an activating group) is 1. The lowest BCUT2D eigenvalue weighted by Crippen LogP contribution is -2.38. The van der Waals surface area contributed by atoms with Gasteiger partial charge in [0.05, 0.1) is 12.5 Å². The van der Waals surface area contributed by atoms with Crippen LogP contribution in [0.2, 0.25) is 0 Å². The van der Waals surface area contributed by atoms with Crippen molar-refractivity contribution in [3.05, 3.63) is 28.8 Å². The number of nitrogens with zero attached hydrogens (tertiary/aromatic N) is 1. The summed E-state index contributed by atoms with van der Waals surface area (Å²) in [7, 11) is 1.59. The van der Waals surface area contributed by atoms with Gasteiger partial charge in [-0.1, -0.05) is 17.7 Å². The van der Waals surface area contributed by atoms with Crippen molar-refractivity contribution in [3.8, 4) is 0 Å². The lowest BCUT2D eigenvalue weighted by atomic mass is 10.0.